The average Bonchev–Trinajstić information content (AvgIpc) is 2.72. The maximum atomic E-state index is 5.38. The van der Waals surface area contributed by atoms with Crippen LogP contribution in [0.15, 0.2) is 6.20 Å². The Balaban J connectivity index is 2.14. The van der Waals surface area contributed by atoms with E-state index in [1.807, 2.05) is 13.3 Å². The highest BCUT2D eigenvalue weighted by Gasteiger charge is 2.31. The molecule has 1 fully saturated rings. The SMILES string of the molecule is COCCC1(Cn2ncc(I)c2C)CCCCCCC1. The molecule has 0 N–H and O–H groups in total. The molecule has 0 unspecified atom stereocenters. The van der Waals surface area contributed by atoms with Crippen LogP contribution < -0.4 is 0 Å². The summed E-state index contributed by atoms with van der Waals surface area (Å²) in [6, 6.07) is 0. The highest BCUT2D eigenvalue weighted by atomic mass is 127. The summed E-state index contributed by atoms with van der Waals surface area (Å²) in [5.74, 6) is 0. The quantitative estimate of drug-likeness (QED) is 0.689. The summed E-state index contributed by atoms with van der Waals surface area (Å²) in [6.07, 6.45) is 12.7. The van der Waals surface area contributed by atoms with Crippen LogP contribution in [-0.2, 0) is 11.3 Å². The van der Waals surface area contributed by atoms with Crippen molar-refractivity contribution in [2.75, 3.05) is 13.7 Å². The molecule has 1 heterocycles. The minimum atomic E-state index is 0.385. The van der Waals surface area contributed by atoms with Crippen molar-refractivity contribution < 1.29 is 4.74 Å². The molecule has 1 aliphatic carbocycles. The first-order chi connectivity index (χ1) is 9.67. The fourth-order valence-corrected chi connectivity index (χ4v) is 3.76. The van der Waals surface area contributed by atoms with E-state index in [1.54, 1.807) is 0 Å². The molecule has 1 aromatic heterocycles. The van der Waals surface area contributed by atoms with E-state index in [0.717, 1.165) is 13.2 Å². The van der Waals surface area contributed by atoms with Crippen molar-refractivity contribution in [1.29, 1.82) is 0 Å². The summed E-state index contributed by atoms with van der Waals surface area (Å²) in [7, 11) is 1.82. The second-order valence-electron chi connectivity index (χ2n) is 6.25. The number of hydrogen-bond donors (Lipinski definition) is 0. The summed E-state index contributed by atoms with van der Waals surface area (Å²) >= 11 is 2.38. The molecule has 1 aromatic rings. The Bertz CT molecular complexity index is 403. The van der Waals surface area contributed by atoms with E-state index in [4.69, 9.17) is 4.74 Å². The van der Waals surface area contributed by atoms with Crippen molar-refractivity contribution in [3.8, 4) is 0 Å². The highest BCUT2D eigenvalue weighted by Crippen LogP contribution is 2.39. The summed E-state index contributed by atoms with van der Waals surface area (Å²) in [4.78, 5) is 0. The summed E-state index contributed by atoms with van der Waals surface area (Å²) < 4.78 is 8.88. The molecule has 20 heavy (non-hydrogen) atoms. The predicted octanol–water partition coefficient (Wildman–Crippen LogP) is 4.56. The minimum absolute atomic E-state index is 0.385. The Morgan fingerprint density at radius 1 is 1.25 bits per heavy atom. The molecule has 0 bridgehead atoms. The molecule has 0 atom stereocenters. The van der Waals surface area contributed by atoms with Gasteiger partial charge in [-0.2, -0.15) is 5.10 Å². The van der Waals surface area contributed by atoms with Gasteiger partial charge < -0.3 is 4.74 Å². The maximum Gasteiger partial charge on any atom is 0.0626 e. The van der Waals surface area contributed by atoms with Crippen LogP contribution in [0.3, 0.4) is 0 Å². The Morgan fingerprint density at radius 3 is 2.45 bits per heavy atom. The average molecular weight is 390 g/mol. The van der Waals surface area contributed by atoms with Gasteiger partial charge in [-0.05, 0) is 54.2 Å². The first-order valence-electron chi connectivity index (χ1n) is 7.84. The fraction of sp³-hybridized carbons (Fsp3) is 0.812. The van der Waals surface area contributed by atoms with Crippen molar-refractivity contribution >= 4 is 22.6 Å². The molecule has 0 aliphatic heterocycles. The monoisotopic (exact) mass is 390 g/mol. The van der Waals surface area contributed by atoms with Gasteiger partial charge in [0.15, 0.2) is 0 Å². The fourth-order valence-electron chi connectivity index (χ4n) is 3.36. The van der Waals surface area contributed by atoms with Gasteiger partial charge >= 0.3 is 0 Å². The number of rotatable bonds is 5. The van der Waals surface area contributed by atoms with Crippen LogP contribution in [0.4, 0.5) is 0 Å². The van der Waals surface area contributed by atoms with E-state index in [9.17, 15) is 0 Å². The third-order valence-electron chi connectivity index (χ3n) is 4.78. The van der Waals surface area contributed by atoms with Gasteiger partial charge in [-0.25, -0.2) is 0 Å². The van der Waals surface area contributed by atoms with Crippen molar-refractivity contribution in [1.82, 2.24) is 9.78 Å². The summed E-state index contributed by atoms with van der Waals surface area (Å²) in [5, 5.41) is 4.58. The van der Waals surface area contributed by atoms with Gasteiger partial charge in [0.25, 0.3) is 0 Å². The van der Waals surface area contributed by atoms with Crippen LogP contribution in [0.1, 0.15) is 57.1 Å². The van der Waals surface area contributed by atoms with Crippen LogP contribution >= 0.6 is 22.6 Å². The van der Waals surface area contributed by atoms with E-state index >= 15 is 0 Å². The topological polar surface area (TPSA) is 27.1 Å². The number of halogens is 1. The number of aromatic nitrogens is 2. The lowest BCUT2D eigenvalue weighted by atomic mass is 9.74. The normalized spacial score (nSPS) is 19.6. The van der Waals surface area contributed by atoms with Gasteiger partial charge in [0.05, 0.1) is 9.77 Å². The Morgan fingerprint density at radius 2 is 1.90 bits per heavy atom. The number of ether oxygens (including phenoxy) is 1. The molecule has 1 saturated carbocycles. The summed E-state index contributed by atoms with van der Waals surface area (Å²) in [5.41, 5.74) is 1.69. The Labute approximate surface area is 136 Å². The first-order valence-corrected chi connectivity index (χ1v) is 8.92. The standard InChI is InChI=1S/C16H27IN2O/c1-14-15(17)12-18-19(14)13-16(10-11-20-2)8-6-4-3-5-7-9-16/h12H,3-11,13H2,1-2H3. The largest absolute Gasteiger partial charge is 0.385 e. The molecule has 1 aliphatic rings. The number of hydrogen-bond acceptors (Lipinski definition) is 2. The zero-order valence-electron chi connectivity index (χ0n) is 12.8. The molecule has 0 saturated heterocycles. The first kappa shape index (κ1) is 16.3. The molecule has 4 heteroatoms. The molecular formula is C16H27IN2O. The summed E-state index contributed by atoms with van der Waals surface area (Å²) in [6.45, 7) is 4.12. The third-order valence-corrected chi connectivity index (χ3v) is 5.84. The Kier molecular flexibility index (Phi) is 6.33. The molecule has 0 aromatic carbocycles. The molecule has 114 valence electrons. The zero-order chi connectivity index (χ0) is 14.4. The molecule has 0 amide bonds. The maximum absolute atomic E-state index is 5.38. The van der Waals surface area contributed by atoms with E-state index in [0.29, 0.717) is 5.41 Å². The van der Waals surface area contributed by atoms with Crippen molar-refractivity contribution in [2.24, 2.45) is 5.41 Å². The van der Waals surface area contributed by atoms with E-state index in [2.05, 4.69) is 39.3 Å². The molecular weight excluding hydrogens is 363 g/mol. The van der Waals surface area contributed by atoms with Gasteiger partial charge in [0.2, 0.25) is 0 Å². The number of nitrogens with zero attached hydrogens (tertiary/aromatic N) is 2. The van der Waals surface area contributed by atoms with E-state index < -0.39 is 0 Å². The van der Waals surface area contributed by atoms with Crippen LogP contribution in [-0.4, -0.2) is 23.5 Å². The minimum Gasteiger partial charge on any atom is -0.385 e. The molecule has 0 spiro atoms. The van der Waals surface area contributed by atoms with Crippen LogP contribution in [0.2, 0.25) is 0 Å². The lowest BCUT2D eigenvalue weighted by Crippen LogP contribution is -2.30. The molecule has 0 radical (unpaired) electrons. The van der Waals surface area contributed by atoms with Gasteiger partial charge in [0.1, 0.15) is 0 Å². The number of methoxy groups -OCH3 is 1. The Hall–Kier alpha value is -0.100. The highest BCUT2D eigenvalue weighted by molar-refractivity contribution is 14.1. The van der Waals surface area contributed by atoms with Gasteiger partial charge in [-0.1, -0.05) is 32.1 Å². The van der Waals surface area contributed by atoms with Crippen molar-refractivity contribution in [3.63, 3.8) is 0 Å². The smallest absolute Gasteiger partial charge is 0.0626 e. The van der Waals surface area contributed by atoms with Crippen LogP contribution in [0, 0.1) is 15.9 Å². The van der Waals surface area contributed by atoms with Crippen LogP contribution in [0.5, 0.6) is 0 Å². The molecule has 3 nitrogen and oxygen atoms in total. The second kappa shape index (κ2) is 7.78. The lowest BCUT2D eigenvalue weighted by Gasteiger charge is -2.36. The van der Waals surface area contributed by atoms with Gasteiger partial charge in [-0.3, -0.25) is 4.68 Å². The van der Waals surface area contributed by atoms with E-state index in [-0.39, 0.29) is 0 Å². The van der Waals surface area contributed by atoms with Gasteiger partial charge in [-0.15, -0.1) is 0 Å². The zero-order valence-corrected chi connectivity index (χ0v) is 15.0. The van der Waals surface area contributed by atoms with Crippen LogP contribution in [0.25, 0.3) is 0 Å². The van der Waals surface area contributed by atoms with E-state index in [1.165, 1.54) is 60.6 Å². The van der Waals surface area contributed by atoms with Gasteiger partial charge in [0, 0.05) is 26.0 Å². The second-order valence-corrected chi connectivity index (χ2v) is 7.41. The predicted molar refractivity (Wildman–Crippen MR) is 90.9 cm³/mol. The molecule has 2 rings (SSSR count). The van der Waals surface area contributed by atoms with Crippen molar-refractivity contribution in [2.45, 2.75) is 64.8 Å². The third kappa shape index (κ3) is 4.20. The lowest BCUT2D eigenvalue weighted by molar-refractivity contribution is 0.0923. The van der Waals surface area contributed by atoms with Crippen molar-refractivity contribution in [3.05, 3.63) is 15.5 Å².